The lowest BCUT2D eigenvalue weighted by Crippen LogP contribution is -2.32. The molecule has 0 spiro atoms. The van der Waals surface area contributed by atoms with Crippen molar-refractivity contribution in [2.45, 2.75) is 6.04 Å². The SMILES string of the molecule is COCCN(C)C(CN)c1cccc(Br)c1. The summed E-state index contributed by atoms with van der Waals surface area (Å²) in [4.78, 5) is 2.21. The monoisotopic (exact) mass is 286 g/mol. The molecule has 16 heavy (non-hydrogen) atoms. The first kappa shape index (κ1) is 13.6. The van der Waals surface area contributed by atoms with Crippen molar-refractivity contribution in [1.82, 2.24) is 4.90 Å². The molecule has 0 amide bonds. The van der Waals surface area contributed by atoms with Gasteiger partial charge in [-0.2, -0.15) is 0 Å². The lowest BCUT2D eigenvalue weighted by molar-refractivity contribution is 0.140. The standard InChI is InChI=1S/C12H19BrN2O/c1-15(6-7-16-2)12(9-14)10-4-3-5-11(13)8-10/h3-5,8,12H,6-7,9,14H2,1-2H3. The van der Waals surface area contributed by atoms with Crippen LogP contribution in [-0.2, 0) is 4.74 Å². The van der Waals surface area contributed by atoms with Gasteiger partial charge in [0, 0.05) is 30.7 Å². The van der Waals surface area contributed by atoms with E-state index >= 15 is 0 Å². The maximum absolute atomic E-state index is 5.83. The van der Waals surface area contributed by atoms with Gasteiger partial charge >= 0.3 is 0 Å². The summed E-state index contributed by atoms with van der Waals surface area (Å²) >= 11 is 3.48. The lowest BCUT2D eigenvalue weighted by atomic mass is 10.1. The molecule has 0 bridgehead atoms. The Morgan fingerprint density at radius 3 is 2.81 bits per heavy atom. The number of nitrogens with two attached hydrogens (primary N) is 1. The Labute approximate surface area is 106 Å². The van der Waals surface area contributed by atoms with E-state index in [-0.39, 0.29) is 6.04 Å². The largest absolute Gasteiger partial charge is 0.383 e. The summed E-state index contributed by atoms with van der Waals surface area (Å²) in [5.41, 5.74) is 7.06. The van der Waals surface area contributed by atoms with Gasteiger partial charge in [0.15, 0.2) is 0 Å². The van der Waals surface area contributed by atoms with Crippen LogP contribution in [0.15, 0.2) is 28.7 Å². The summed E-state index contributed by atoms with van der Waals surface area (Å²) in [5.74, 6) is 0. The summed E-state index contributed by atoms with van der Waals surface area (Å²) in [5, 5.41) is 0. The van der Waals surface area contributed by atoms with Crippen LogP contribution in [0.25, 0.3) is 0 Å². The van der Waals surface area contributed by atoms with Crippen LogP contribution in [0.3, 0.4) is 0 Å². The third kappa shape index (κ3) is 3.87. The summed E-state index contributed by atoms with van der Waals surface area (Å²) < 4.78 is 6.16. The van der Waals surface area contributed by atoms with Crippen molar-refractivity contribution < 1.29 is 4.74 Å². The van der Waals surface area contributed by atoms with Crippen LogP contribution in [0.2, 0.25) is 0 Å². The van der Waals surface area contributed by atoms with Gasteiger partial charge in [0.2, 0.25) is 0 Å². The Balaban J connectivity index is 2.73. The number of likely N-dealkylation sites (N-methyl/N-ethyl adjacent to an activating group) is 1. The minimum atomic E-state index is 0.243. The van der Waals surface area contributed by atoms with Gasteiger partial charge in [-0.05, 0) is 24.7 Å². The summed E-state index contributed by atoms with van der Waals surface area (Å²) in [6, 6.07) is 8.51. The smallest absolute Gasteiger partial charge is 0.0589 e. The zero-order chi connectivity index (χ0) is 12.0. The van der Waals surface area contributed by atoms with Gasteiger partial charge in [-0.25, -0.2) is 0 Å². The van der Waals surface area contributed by atoms with Crippen molar-refractivity contribution in [2.75, 3.05) is 33.9 Å². The van der Waals surface area contributed by atoms with E-state index in [9.17, 15) is 0 Å². The molecule has 0 aliphatic carbocycles. The molecule has 0 aliphatic heterocycles. The minimum Gasteiger partial charge on any atom is -0.383 e. The lowest BCUT2D eigenvalue weighted by Gasteiger charge is -2.27. The Hall–Kier alpha value is -0.420. The number of hydrogen-bond donors (Lipinski definition) is 1. The average molecular weight is 287 g/mol. The van der Waals surface area contributed by atoms with E-state index in [1.54, 1.807) is 7.11 Å². The Kier molecular flexibility index (Phi) is 5.98. The van der Waals surface area contributed by atoms with E-state index in [0.29, 0.717) is 6.54 Å². The molecule has 1 unspecified atom stereocenters. The first-order valence-electron chi connectivity index (χ1n) is 5.33. The molecule has 90 valence electrons. The molecule has 2 N–H and O–H groups in total. The molecular formula is C12H19BrN2O. The van der Waals surface area contributed by atoms with Crippen molar-refractivity contribution >= 4 is 15.9 Å². The van der Waals surface area contributed by atoms with Crippen molar-refractivity contribution in [3.8, 4) is 0 Å². The van der Waals surface area contributed by atoms with E-state index in [4.69, 9.17) is 10.5 Å². The van der Waals surface area contributed by atoms with Gasteiger partial charge in [-0.1, -0.05) is 28.1 Å². The van der Waals surface area contributed by atoms with Crippen molar-refractivity contribution in [1.29, 1.82) is 0 Å². The third-order valence-corrected chi connectivity index (χ3v) is 3.13. The van der Waals surface area contributed by atoms with Gasteiger partial charge < -0.3 is 10.5 Å². The molecular weight excluding hydrogens is 268 g/mol. The van der Waals surface area contributed by atoms with Crippen molar-refractivity contribution in [3.63, 3.8) is 0 Å². The van der Waals surface area contributed by atoms with Crippen LogP contribution < -0.4 is 5.73 Å². The Morgan fingerprint density at radius 1 is 1.50 bits per heavy atom. The highest BCUT2D eigenvalue weighted by atomic mass is 79.9. The molecule has 1 aromatic rings. The molecule has 0 fully saturated rings. The molecule has 4 heteroatoms. The highest BCUT2D eigenvalue weighted by Gasteiger charge is 2.14. The maximum Gasteiger partial charge on any atom is 0.0589 e. The second kappa shape index (κ2) is 7.01. The fraction of sp³-hybridized carbons (Fsp3) is 0.500. The normalized spacial score (nSPS) is 13.1. The fourth-order valence-corrected chi connectivity index (χ4v) is 2.09. The van der Waals surface area contributed by atoms with Crippen LogP contribution in [0, 0.1) is 0 Å². The number of ether oxygens (including phenoxy) is 1. The second-order valence-corrected chi connectivity index (χ2v) is 4.70. The first-order chi connectivity index (χ1) is 7.69. The van der Waals surface area contributed by atoms with Crippen LogP contribution in [0.5, 0.6) is 0 Å². The summed E-state index contributed by atoms with van der Waals surface area (Å²) in [7, 11) is 3.78. The highest BCUT2D eigenvalue weighted by Crippen LogP contribution is 2.21. The molecule has 3 nitrogen and oxygen atoms in total. The van der Waals surface area contributed by atoms with E-state index in [0.717, 1.165) is 17.6 Å². The van der Waals surface area contributed by atoms with Crippen molar-refractivity contribution in [3.05, 3.63) is 34.3 Å². The molecule has 0 radical (unpaired) electrons. The van der Waals surface area contributed by atoms with E-state index in [1.807, 2.05) is 12.1 Å². The summed E-state index contributed by atoms with van der Waals surface area (Å²) in [6.07, 6.45) is 0. The second-order valence-electron chi connectivity index (χ2n) is 3.78. The molecule has 0 saturated carbocycles. The molecule has 0 aliphatic rings. The summed E-state index contributed by atoms with van der Waals surface area (Å²) in [6.45, 7) is 2.21. The quantitative estimate of drug-likeness (QED) is 0.870. The number of nitrogens with zero attached hydrogens (tertiary/aromatic N) is 1. The number of rotatable bonds is 6. The molecule has 0 saturated heterocycles. The average Bonchev–Trinajstić information content (AvgIpc) is 2.27. The predicted octanol–water partition coefficient (Wildman–Crippen LogP) is 2.03. The zero-order valence-corrected chi connectivity index (χ0v) is 11.4. The number of methoxy groups -OCH3 is 1. The van der Waals surface area contributed by atoms with Crippen LogP contribution in [0.4, 0.5) is 0 Å². The highest BCUT2D eigenvalue weighted by molar-refractivity contribution is 9.10. The van der Waals surface area contributed by atoms with Gasteiger partial charge in [-0.15, -0.1) is 0 Å². The van der Waals surface area contributed by atoms with E-state index in [1.165, 1.54) is 5.56 Å². The number of halogens is 1. The Morgan fingerprint density at radius 2 is 2.25 bits per heavy atom. The topological polar surface area (TPSA) is 38.5 Å². The minimum absolute atomic E-state index is 0.243. The van der Waals surface area contributed by atoms with Gasteiger partial charge in [0.25, 0.3) is 0 Å². The fourth-order valence-electron chi connectivity index (χ4n) is 1.68. The van der Waals surface area contributed by atoms with Crippen LogP contribution in [0.1, 0.15) is 11.6 Å². The van der Waals surface area contributed by atoms with Gasteiger partial charge in [-0.3, -0.25) is 4.90 Å². The molecule has 1 aromatic carbocycles. The van der Waals surface area contributed by atoms with Crippen LogP contribution >= 0.6 is 15.9 Å². The van der Waals surface area contributed by atoms with Crippen molar-refractivity contribution in [2.24, 2.45) is 5.73 Å². The molecule has 0 aromatic heterocycles. The molecule has 1 atom stereocenters. The first-order valence-corrected chi connectivity index (χ1v) is 6.13. The third-order valence-electron chi connectivity index (χ3n) is 2.64. The molecule has 0 heterocycles. The van der Waals surface area contributed by atoms with Gasteiger partial charge in [0.1, 0.15) is 0 Å². The Bertz CT molecular complexity index is 320. The maximum atomic E-state index is 5.83. The number of benzene rings is 1. The van der Waals surface area contributed by atoms with E-state index < -0.39 is 0 Å². The van der Waals surface area contributed by atoms with E-state index in [2.05, 4.69) is 40.0 Å². The van der Waals surface area contributed by atoms with Crippen LogP contribution in [-0.4, -0.2) is 38.8 Å². The number of hydrogen-bond acceptors (Lipinski definition) is 3. The van der Waals surface area contributed by atoms with Gasteiger partial charge in [0.05, 0.1) is 6.61 Å². The zero-order valence-electron chi connectivity index (χ0n) is 9.82. The molecule has 1 rings (SSSR count). The predicted molar refractivity (Wildman–Crippen MR) is 70.4 cm³/mol.